The van der Waals surface area contributed by atoms with E-state index in [0.29, 0.717) is 45.3 Å². The van der Waals surface area contributed by atoms with Gasteiger partial charge in [-0.15, -0.1) is 0 Å². The van der Waals surface area contributed by atoms with Gasteiger partial charge in [-0.2, -0.15) is 0 Å². The van der Waals surface area contributed by atoms with Crippen LogP contribution in [0.5, 0.6) is 0 Å². The molecule has 5 heterocycles. The SMILES string of the molecule is O=C(Cn1ccc2cccnc21)N1CCN(c2ccc(F)cc2-c2cnc(N3CCOCC3)nc2)CC1. The Hall–Kier alpha value is -4.05. The second-order valence-electron chi connectivity index (χ2n) is 9.26. The second-order valence-corrected chi connectivity index (χ2v) is 9.26. The number of carbonyl (C=O) groups excluding carboxylic acids is 1. The van der Waals surface area contributed by atoms with Crippen LogP contribution in [-0.2, 0) is 16.1 Å². The highest BCUT2D eigenvalue weighted by atomic mass is 19.1. The lowest BCUT2D eigenvalue weighted by atomic mass is 10.0. The van der Waals surface area contributed by atoms with Gasteiger partial charge in [-0.1, -0.05) is 0 Å². The number of carbonyl (C=O) groups is 1. The van der Waals surface area contributed by atoms with Crippen LogP contribution >= 0.6 is 0 Å². The summed E-state index contributed by atoms with van der Waals surface area (Å²) >= 11 is 0. The Balaban J connectivity index is 1.15. The van der Waals surface area contributed by atoms with E-state index in [-0.39, 0.29) is 18.3 Å². The van der Waals surface area contributed by atoms with Crippen molar-refractivity contribution < 1.29 is 13.9 Å². The van der Waals surface area contributed by atoms with Crippen molar-refractivity contribution in [2.45, 2.75) is 6.54 Å². The zero-order valence-electron chi connectivity index (χ0n) is 20.5. The molecule has 0 aliphatic carbocycles. The van der Waals surface area contributed by atoms with Gasteiger partial charge in [0.15, 0.2) is 0 Å². The molecule has 0 radical (unpaired) electrons. The number of anilines is 2. The lowest BCUT2D eigenvalue weighted by molar-refractivity contribution is -0.132. The van der Waals surface area contributed by atoms with Crippen LogP contribution in [0.25, 0.3) is 22.2 Å². The van der Waals surface area contributed by atoms with Gasteiger partial charge in [0.05, 0.1) is 13.2 Å². The summed E-state index contributed by atoms with van der Waals surface area (Å²) in [5.74, 6) is 0.411. The number of piperazine rings is 1. The van der Waals surface area contributed by atoms with Gasteiger partial charge in [0.1, 0.15) is 18.0 Å². The van der Waals surface area contributed by atoms with E-state index in [4.69, 9.17) is 4.74 Å². The van der Waals surface area contributed by atoms with Crippen LogP contribution in [0.4, 0.5) is 16.0 Å². The van der Waals surface area contributed by atoms with Crippen molar-refractivity contribution in [1.82, 2.24) is 24.4 Å². The maximum Gasteiger partial charge on any atom is 0.242 e. The fourth-order valence-corrected chi connectivity index (χ4v) is 4.99. The number of nitrogens with zero attached hydrogens (tertiary/aromatic N) is 7. The maximum absolute atomic E-state index is 14.3. The molecule has 3 aromatic heterocycles. The van der Waals surface area contributed by atoms with Gasteiger partial charge in [-0.25, -0.2) is 19.3 Å². The van der Waals surface area contributed by atoms with Crippen molar-refractivity contribution in [3.8, 4) is 11.1 Å². The van der Waals surface area contributed by atoms with E-state index in [0.717, 1.165) is 40.9 Å². The van der Waals surface area contributed by atoms with Gasteiger partial charge in [0.25, 0.3) is 0 Å². The fourth-order valence-electron chi connectivity index (χ4n) is 4.99. The first kappa shape index (κ1) is 23.4. The van der Waals surface area contributed by atoms with Gasteiger partial charge in [0.2, 0.25) is 11.9 Å². The summed E-state index contributed by atoms with van der Waals surface area (Å²) in [6.07, 6.45) is 7.16. The smallest absolute Gasteiger partial charge is 0.242 e. The Morgan fingerprint density at radius 3 is 2.49 bits per heavy atom. The van der Waals surface area contributed by atoms with E-state index >= 15 is 0 Å². The van der Waals surface area contributed by atoms with E-state index in [2.05, 4.69) is 24.8 Å². The minimum atomic E-state index is -0.308. The van der Waals surface area contributed by atoms with E-state index < -0.39 is 0 Å². The molecule has 4 aromatic rings. The minimum Gasteiger partial charge on any atom is -0.378 e. The van der Waals surface area contributed by atoms with Crippen molar-refractivity contribution in [2.75, 3.05) is 62.3 Å². The van der Waals surface area contributed by atoms with Gasteiger partial charge < -0.3 is 24.0 Å². The number of ether oxygens (including phenoxy) is 1. The van der Waals surface area contributed by atoms with Crippen LogP contribution < -0.4 is 9.80 Å². The molecule has 2 fully saturated rings. The highest BCUT2D eigenvalue weighted by Crippen LogP contribution is 2.32. The molecule has 2 aliphatic rings. The minimum absolute atomic E-state index is 0.0641. The third kappa shape index (κ3) is 4.84. The van der Waals surface area contributed by atoms with Crippen LogP contribution in [0.3, 0.4) is 0 Å². The quantitative estimate of drug-likeness (QED) is 0.416. The number of amides is 1. The molecule has 1 amide bonds. The lowest BCUT2D eigenvalue weighted by Gasteiger charge is -2.37. The van der Waals surface area contributed by atoms with Crippen molar-refractivity contribution in [3.05, 3.63) is 67.0 Å². The number of hydrogen-bond acceptors (Lipinski definition) is 7. The summed E-state index contributed by atoms with van der Waals surface area (Å²) in [4.78, 5) is 32.7. The third-order valence-corrected chi connectivity index (χ3v) is 7.00. The lowest BCUT2D eigenvalue weighted by Crippen LogP contribution is -2.49. The maximum atomic E-state index is 14.3. The molecule has 0 spiro atoms. The van der Waals surface area contributed by atoms with Crippen LogP contribution in [0.15, 0.2) is 61.2 Å². The van der Waals surface area contributed by atoms with Crippen molar-refractivity contribution in [3.63, 3.8) is 0 Å². The monoisotopic (exact) mass is 501 g/mol. The number of halogens is 1. The molecule has 37 heavy (non-hydrogen) atoms. The molecular weight excluding hydrogens is 473 g/mol. The largest absolute Gasteiger partial charge is 0.378 e. The number of benzene rings is 1. The number of hydrogen-bond donors (Lipinski definition) is 0. The second kappa shape index (κ2) is 10.1. The Morgan fingerprint density at radius 2 is 1.70 bits per heavy atom. The zero-order valence-corrected chi connectivity index (χ0v) is 20.5. The first-order valence-corrected chi connectivity index (χ1v) is 12.5. The molecule has 2 aliphatic heterocycles. The number of aromatic nitrogens is 4. The molecule has 0 unspecified atom stereocenters. The van der Waals surface area contributed by atoms with Crippen LogP contribution in [0.2, 0.25) is 0 Å². The Labute approximate surface area is 214 Å². The molecule has 0 saturated carbocycles. The molecule has 2 saturated heterocycles. The predicted octanol–water partition coefficient (Wildman–Crippen LogP) is 2.82. The molecule has 9 nitrogen and oxygen atoms in total. The molecule has 0 N–H and O–H groups in total. The highest BCUT2D eigenvalue weighted by molar-refractivity contribution is 5.82. The van der Waals surface area contributed by atoms with E-state index in [1.807, 2.05) is 33.9 Å². The fraction of sp³-hybridized carbons (Fsp3) is 0.333. The van der Waals surface area contributed by atoms with Gasteiger partial charge in [-0.3, -0.25) is 4.79 Å². The topological polar surface area (TPSA) is 79.6 Å². The van der Waals surface area contributed by atoms with Crippen molar-refractivity contribution in [1.29, 1.82) is 0 Å². The van der Waals surface area contributed by atoms with E-state index in [1.54, 1.807) is 24.7 Å². The average molecular weight is 502 g/mol. The number of pyridine rings is 1. The van der Waals surface area contributed by atoms with Gasteiger partial charge >= 0.3 is 0 Å². The van der Waals surface area contributed by atoms with Gasteiger partial charge in [0, 0.05) is 86.3 Å². The molecule has 6 rings (SSSR count). The predicted molar refractivity (Wildman–Crippen MR) is 139 cm³/mol. The molecule has 10 heteroatoms. The number of fused-ring (bicyclic) bond motifs is 1. The third-order valence-electron chi connectivity index (χ3n) is 7.00. The Morgan fingerprint density at radius 1 is 0.919 bits per heavy atom. The zero-order chi connectivity index (χ0) is 25.2. The summed E-state index contributed by atoms with van der Waals surface area (Å²) in [5.41, 5.74) is 3.24. The summed E-state index contributed by atoms with van der Waals surface area (Å²) in [6.45, 7) is 5.58. The normalized spacial score (nSPS) is 16.4. The molecule has 0 bridgehead atoms. The average Bonchev–Trinajstić information content (AvgIpc) is 3.36. The Bertz CT molecular complexity index is 1390. The number of rotatable bonds is 5. The molecule has 0 atom stereocenters. The van der Waals surface area contributed by atoms with Crippen molar-refractivity contribution in [2.24, 2.45) is 0 Å². The highest BCUT2D eigenvalue weighted by Gasteiger charge is 2.24. The molecule has 190 valence electrons. The van der Waals surface area contributed by atoms with Crippen LogP contribution in [-0.4, -0.2) is 82.8 Å². The standard InChI is InChI=1S/C27H28FN7O2/c28-22-3-4-24(23(16-22)21-17-30-27(31-18-21)34-12-14-37-15-13-34)32-8-10-33(11-9-32)25(36)19-35-7-5-20-2-1-6-29-26(20)35/h1-7,16-18H,8-15,19H2. The first-order chi connectivity index (χ1) is 18.2. The summed E-state index contributed by atoms with van der Waals surface area (Å²) in [7, 11) is 0. The van der Waals surface area contributed by atoms with E-state index in [9.17, 15) is 9.18 Å². The van der Waals surface area contributed by atoms with E-state index in [1.165, 1.54) is 12.1 Å². The van der Waals surface area contributed by atoms with Crippen molar-refractivity contribution >= 4 is 28.6 Å². The van der Waals surface area contributed by atoms with Crippen LogP contribution in [0.1, 0.15) is 0 Å². The molecule has 1 aromatic carbocycles. The van der Waals surface area contributed by atoms with Crippen LogP contribution in [0, 0.1) is 5.82 Å². The summed E-state index contributed by atoms with van der Waals surface area (Å²) in [5, 5.41) is 1.02. The first-order valence-electron chi connectivity index (χ1n) is 12.5. The number of morpholine rings is 1. The van der Waals surface area contributed by atoms with Gasteiger partial charge in [-0.05, 0) is 36.4 Å². The summed E-state index contributed by atoms with van der Waals surface area (Å²) in [6, 6.07) is 10.7. The molecular formula is C27H28FN7O2. The Kier molecular flexibility index (Phi) is 6.40. The summed E-state index contributed by atoms with van der Waals surface area (Å²) < 4.78 is 21.6.